The van der Waals surface area contributed by atoms with E-state index in [0.717, 1.165) is 0 Å². The highest BCUT2D eigenvalue weighted by Crippen LogP contribution is 2.38. The predicted octanol–water partition coefficient (Wildman–Crippen LogP) is 5.10. The maximum Gasteiger partial charge on any atom is 0.222 e. The van der Waals surface area contributed by atoms with Crippen molar-refractivity contribution >= 4 is 19.9 Å². The van der Waals surface area contributed by atoms with Crippen LogP contribution in [0.15, 0.2) is 18.2 Å². The number of rotatable bonds is 8. The summed E-state index contributed by atoms with van der Waals surface area (Å²) in [6, 6.07) is 7.04. The summed E-state index contributed by atoms with van der Waals surface area (Å²) in [5.74, 6) is -0.201. The molecule has 1 heterocycles. The number of likely N-dealkylation sites (tertiary alicyclic amines) is 1. The fourth-order valence-corrected chi connectivity index (χ4v) is 4.45. The largest absolute Gasteiger partial charge is 0.410 e. The molecule has 2 rings (SSSR count). The van der Waals surface area contributed by atoms with Crippen molar-refractivity contribution in [2.75, 3.05) is 18.4 Å². The molecule has 1 saturated heterocycles. The SMILES string of the molecule is CC(C)(C#N)Nc1ccc(CCCC(=O)N2CC(O[Si](C)(C)C(C)(C)C)C2)c(F)c1. The Kier molecular flexibility index (Phi) is 7.36. The van der Waals surface area contributed by atoms with Gasteiger partial charge < -0.3 is 14.6 Å². The summed E-state index contributed by atoms with van der Waals surface area (Å²) >= 11 is 0. The molecule has 1 fully saturated rings. The number of nitrogens with one attached hydrogen (secondary N) is 1. The lowest BCUT2D eigenvalue weighted by Gasteiger charge is -2.46. The second kappa shape index (κ2) is 9.07. The van der Waals surface area contributed by atoms with Crippen molar-refractivity contribution in [1.82, 2.24) is 4.90 Å². The van der Waals surface area contributed by atoms with E-state index in [1.807, 2.05) is 4.90 Å². The molecule has 7 heteroatoms. The summed E-state index contributed by atoms with van der Waals surface area (Å²) in [5.41, 5.74) is 0.405. The fraction of sp³-hybridized carbons (Fsp3) is 0.652. The molecule has 1 aromatic carbocycles. The normalized spacial score (nSPS) is 15.5. The van der Waals surface area contributed by atoms with Gasteiger partial charge in [0.25, 0.3) is 0 Å². The summed E-state index contributed by atoms with van der Waals surface area (Å²) in [7, 11) is -1.80. The Balaban J connectivity index is 1.76. The minimum atomic E-state index is -1.80. The number of amides is 1. The van der Waals surface area contributed by atoms with Crippen molar-refractivity contribution in [1.29, 1.82) is 5.26 Å². The van der Waals surface area contributed by atoms with E-state index in [9.17, 15) is 9.18 Å². The average Bonchev–Trinajstić information content (AvgIpc) is 2.58. The fourth-order valence-electron chi connectivity index (χ4n) is 3.11. The van der Waals surface area contributed by atoms with Gasteiger partial charge in [0.1, 0.15) is 11.4 Å². The molecule has 0 spiro atoms. The summed E-state index contributed by atoms with van der Waals surface area (Å²) < 4.78 is 20.7. The Morgan fingerprint density at radius 2 is 1.93 bits per heavy atom. The maximum absolute atomic E-state index is 14.4. The van der Waals surface area contributed by atoms with E-state index >= 15 is 0 Å². The van der Waals surface area contributed by atoms with Gasteiger partial charge in [-0.25, -0.2) is 4.39 Å². The van der Waals surface area contributed by atoms with Crippen LogP contribution in [-0.4, -0.2) is 43.9 Å². The van der Waals surface area contributed by atoms with Crippen LogP contribution in [0, 0.1) is 17.1 Å². The lowest BCUT2D eigenvalue weighted by molar-refractivity contribution is -0.140. The summed E-state index contributed by atoms with van der Waals surface area (Å²) in [6.45, 7) is 15.9. The van der Waals surface area contributed by atoms with Crippen LogP contribution < -0.4 is 5.32 Å². The number of hydrogen-bond acceptors (Lipinski definition) is 4. The molecule has 0 aliphatic carbocycles. The zero-order valence-corrected chi connectivity index (χ0v) is 20.4. The van der Waals surface area contributed by atoms with E-state index in [1.165, 1.54) is 6.07 Å². The Hall–Kier alpha value is -1.91. The first-order chi connectivity index (χ1) is 13.7. The number of benzene rings is 1. The Morgan fingerprint density at radius 3 is 2.47 bits per heavy atom. The first kappa shape index (κ1) is 24.4. The summed E-state index contributed by atoms with van der Waals surface area (Å²) in [5, 5.41) is 12.2. The Bertz CT molecular complexity index is 806. The van der Waals surface area contributed by atoms with Gasteiger partial charge in [0, 0.05) is 25.2 Å². The predicted molar refractivity (Wildman–Crippen MR) is 121 cm³/mol. The first-order valence-corrected chi connectivity index (χ1v) is 13.6. The van der Waals surface area contributed by atoms with Crippen molar-refractivity contribution in [3.8, 4) is 6.07 Å². The van der Waals surface area contributed by atoms with Crippen LogP contribution in [0.5, 0.6) is 0 Å². The molecule has 1 aliphatic rings. The minimum absolute atomic E-state index is 0.111. The van der Waals surface area contributed by atoms with Crippen molar-refractivity contribution in [2.24, 2.45) is 0 Å². The van der Waals surface area contributed by atoms with Crippen LogP contribution in [0.25, 0.3) is 0 Å². The smallest absolute Gasteiger partial charge is 0.222 e. The molecule has 0 saturated carbocycles. The standard InChI is InChI=1S/C23H36FN3O2Si/c1-22(2,3)30(6,7)29-19-14-27(15-19)21(28)10-8-9-17-11-12-18(13-20(17)24)26-23(4,5)16-25/h11-13,19,26H,8-10,14-15H2,1-7H3. The lowest BCUT2D eigenvalue weighted by Crippen LogP contribution is -2.59. The molecule has 5 nitrogen and oxygen atoms in total. The number of anilines is 1. The van der Waals surface area contributed by atoms with E-state index in [1.54, 1.807) is 26.0 Å². The molecule has 1 aromatic rings. The first-order valence-electron chi connectivity index (χ1n) is 10.7. The number of nitriles is 1. The highest BCUT2D eigenvalue weighted by Gasteiger charge is 2.42. The van der Waals surface area contributed by atoms with E-state index in [2.05, 4.69) is 45.3 Å². The molecule has 166 valence electrons. The van der Waals surface area contributed by atoms with Crippen LogP contribution in [0.3, 0.4) is 0 Å². The van der Waals surface area contributed by atoms with Gasteiger partial charge in [0.15, 0.2) is 8.32 Å². The zero-order chi connectivity index (χ0) is 22.7. The highest BCUT2D eigenvalue weighted by molar-refractivity contribution is 6.74. The quantitative estimate of drug-likeness (QED) is 0.580. The van der Waals surface area contributed by atoms with E-state index < -0.39 is 13.9 Å². The van der Waals surface area contributed by atoms with Gasteiger partial charge in [0.05, 0.1) is 12.2 Å². The summed E-state index contributed by atoms with van der Waals surface area (Å²) in [6.07, 6.45) is 1.67. The molecule has 0 atom stereocenters. The monoisotopic (exact) mass is 433 g/mol. The van der Waals surface area contributed by atoms with Crippen molar-refractivity contribution in [3.05, 3.63) is 29.6 Å². The number of hydrogen-bond donors (Lipinski definition) is 1. The molecular weight excluding hydrogens is 397 g/mol. The maximum atomic E-state index is 14.4. The number of nitrogens with zero attached hydrogens (tertiary/aromatic N) is 2. The molecule has 1 aliphatic heterocycles. The average molecular weight is 434 g/mol. The van der Waals surface area contributed by atoms with Gasteiger partial charge in [-0.05, 0) is 62.5 Å². The molecule has 0 unspecified atom stereocenters. The van der Waals surface area contributed by atoms with Gasteiger partial charge in [-0.3, -0.25) is 4.79 Å². The molecule has 0 radical (unpaired) electrons. The van der Waals surface area contributed by atoms with Crippen molar-refractivity contribution in [2.45, 2.75) is 83.7 Å². The zero-order valence-electron chi connectivity index (χ0n) is 19.4. The molecule has 0 bridgehead atoms. The van der Waals surface area contributed by atoms with Crippen LogP contribution in [-0.2, 0) is 15.6 Å². The van der Waals surface area contributed by atoms with Gasteiger partial charge in [-0.1, -0.05) is 26.8 Å². The van der Waals surface area contributed by atoms with Gasteiger partial charge in [-0.15, -0.1) is 0 Å². The minimum Gasteiger partial charge on any atom is -0.410 e. The van der Waals surface area contributed by atoms with E-state index in [-0.39, 0.29) is 22.9 Å². The topological polar surface area (TPSA) is 65.4 Å². The van der Waals surface area contributed by atoms with Crippen LogP contribution in [0.1, 0.15) is 53.0 Å². The second-order valence-corrected chi connectivity index (χ2v) is 15.1. The third-order valence-corrected chi connectivity index (χ3v) is 10.6. The van der Waals surface area contributed by atoms with Crippen LogP contribution in [0.2, 0.25) is 18.1 Å². The number of carbonyl (C=O) groups is 1. The third kappa shape index (κ3) is 6.29. The van der Waals surface area contributed by atoms with Gasteiger partial charge >= 0.3 is 0 Å². The second-order valence-electron chi connectivity index (χ2n) is 10.3. The number of carbonyl (C=O) groups excluding carboxylic acids is 1. The molecule has 1 amide bonds. The van der Waals surface area contributed by atoms with E-state index in [0.29, 0.717) is 43.6 Å². The van der Waals surface area contributed by atoms with Crippen LogP contribution in [0.4, 0.5) is 10.1 Å². The van der Waals surface area contributed by atoms with E-state index in [4.69, 9.17) is 9.69 Å². The van der Waals surface area contributed by atoms with Crippen molar-refractivity contribution in [3.63, 3.8) is 0 Å². The van der Waals surface area contributed by atoms with Crippen LogP contribution >= 0.6 is 0 Å². The summed E-state index contributed by atoms with van der Waals surface area (Å²) in [4.78, 5) is 14.2. The Labute approximate surface area is 181 Å². The van der Waals surface area contributed by atoms with Gasteiger partial charge in [0.2, 0.25) is 5.91 Å². The molecule has 1 N–H and O–H groups in total. The third-order valence-electron chi connectivity index (χ3n) is 6.09. The van der Waals surface area contributed by atoms with Gasteiger partial charge in [-0.2, -0.15) is 5.26 Å². The highest BCUT2D eigenvalue weighted by atomic mass is 28.4. The Morgan fingerprint density at radius 1 is 1.30 bits per heavy atom. The molecule has 0 aromatic heterocycles. The molecule has 30 heavy (non-hydrogen) atoms. The lowest BCUT2D eigenvalue weighted by atomic mass is 10.0. The number of aryl methyl sites for hydroxylation is 1. The number of halogens is 1. The molecular formula is C23H36FN3O2Si. The van der Waals surface area contributed by atoms with Crippen molar-refractivity contribution < 1.29 is 13.6 Å².